The molecule has 1 fully saturated rings. The monoisotopic (exact) mass is 448 g/mol. The fourth-order valence-corrected chi connectivity index (χ4v) is 3.85. The summed E-state index contributed by atoms with van der Waals surface area (Å²) >= 11 is 12.4. The van der Waals surface area contributed by atoms with Gasteiger partial charge in [-0.3, -0.25) is 4.90 Å². The molecule has 1 heterocycles. The number of likely N-dealkylation sites (tertiary alicyclic amines) is 1. The minimum atomic E-state index is -1.13. The summed E-state index contributed by atoms with van der Waals surface area (Å²) in [7, 11) is 0. The van der Waals surface area contributed by atoms with Crippen molar-refractivity contribution in [2.75, 3.05) is 26.2 Å². The van der Waals surface area contributed by atoms with Crippen molar-refractivity contribution in [1.29, 1.82) is 0 Å². The number of urea groups is 1. The fraction of sp³-hybridized carbons (Fsp3) is 0.650. The van der Waals surface area contributed by atoms with Crippen LogP contribution in [-0.4, -0.2) is 61.0 Å². The maximum Gasteiger partial charge on any atom is 0.315 e. The highest BCUT2D eigenvalue weighted by atomic mass is 35.5. The van der Waals surface area contributed by atoms with Crippen molar-refractivity contribution < 1.29 is 13.9 Å². The second-order valence-corrected chi connectivity index (χ2v) is 9.25. The van der Waals surface area contributed by atoms with Crippen LogP contribution in [0.3, 0.4) is 0 Å². The lowest BCUT2D eigenvalue weighted by atomic mass is 10.1. The third kappa shape index (κ3) is 7.90. The lowest BCUT2D eigenvalue weighted by molar-refractivity contribution is 0.0587. The lowest BCUT2D eigenvalue weighted by Crippen LogP contribution is -2.50. The summed E-state index contributed by atoms with van der Waals surface area (Å²) in [6.07, 6.45) is -0.469. The average molecular weight is 449 g/mol. The zero-order chi connectivity index (χ0) is 21.6. The molecule has 0 aliphatic carbocycles. The van der Waals surface area contributed by atoms with Crippen molar-refractivity contribution in [3.8, 4) is 0 Å². The number of carbonyl (C=O) groups excluding carboxylic acids is 1. The fourth-order valence-electron chi connectivity index (χ4n) is 3.34. The third-order valence-electron chi connectivity index (χ3n) is 4.66. The van der Waals surface area contributed by atoms with Gasteiger partial charge in [0.1, 0.15) is 6.17 Å². The number of alkyl halides is 1. The predicted octanol–water partition coefficient (Wildman–Crippen LogP) is 3.35. The van der Waals surface area contributed by atoms with Gasteiger partial charge in [-0.25, -0.2) is 9.18 Å². The normalized spacial score (nSPS) is 21.2. The molecule has 0 radical (unpaired) electrons. The zero-order valence-electron chi connectivity index (χ0n) is 17.2. The number of halogens is 3. The second kappa shape index (κ2) is 10.8. The van der Waals surface area contributed by atoms with Crippen molar-refractivity contribution in [1.82, 2.24) is 15.5 Å². The van der Waals surface area contributed by atoms with Crippen molar-refractivity contribution in [3.63, 3.8) is 0 Å². The molecule has 29 heavy (non-hydrogen) atoms. The van der Waals surface area contributed by atoms with E-state index in [-0.39, 0.29) is 43.4 Å². The van der Waals surface area contributed by atoms with Gasteiger partial charge >= 0.3 is 6.03 Å². The van der Waals surface area contributed by atoms with Gasteiger partial charge in [-0.1, -0.05) is 29.3 Å². The van der Waals surface area contributed by atoms with Crippen LogP contribution in [0.25, 0.3) is 0 Å². The molecule has 0 unspecified atom stereocenters. The van der Waals surface area contributed by atoms with E-state index >= 15 is 0 Å². The molecule has 1 aromatic carbocycles. The van der Waals surface area contributed by atoms with Crippen LogP contribution in [0.15, 0.2) is 18.2 Å². The van der Waals surface area contributed by atoms with Crippen LogP contribution in [0.2, 0.25) is 10.0 Å². The number of hydrogen-bond acceptors (Lipinski definition) is 4. The molecule has 1 aliphatic heterocycles. The van der Waals surface area contributed by atoms with Gasteiger partial charge in [-0.2, -0.15) is 0 Å². The molecular formula is C20H31Cl2FN4O2. The Morgan fingerprint density at radius 2 is 2.03 bits per heavy atom. The first-order chi connectivity index (χ1) is 13.6. The largest absolute Gasteiger partial charge is 0.375 e. The summed E-state index contributed by atoms with van der Waals surface area (Å²) in [5.74, 6) is 0. The van der Waals surface area contributed by atoms with E-state index in [1.54, 1.807) is 18.2 Å². The second-order valence-electron chi connectivity index (χ2n) is 8.44. The summed E-state index contributed by atoms with van der Waals surface area (Å²) in [5, 5.41) is 6.95. The Hall–Kier alpha value is -1.12. The number of nitrogens with one attached hydrogen (secondary N) is 2. The molecule has 0 bridgehead atoms. The first-order valence-corrected chi connectivity index (χ1v) is 10.5. The predicted molar refractivity (Wildman–Crippen MR) is 115 cm³/mol. The van der Waals surface area contributed by atoms with Crippen LogP contribution >= 0.6 is 23.2 Å². The Bertz CT molecular complexity index is 667. The van der Waals surface area contributed by atoms with Crippen LogP contribution < -0.4 is 16.4 Å². The molecule has 6 nitrogen and oxygen atoms in total. The molecule has 4 N–H and O–H groups in total. The molecule has 2 amide bonds. The van der Waals surface area contributed by atoms with E-state index in [2.05, 4.69) is 10.6 Å². The first kappa shape index (κ1) is 24.2. The van der Waals surface area contributed by atoms with Crippen LogP contribution in [0.4, 0.5) is 9.18 Å². The van der Waals surface area contributed by atoms with Crippen molar-refractivity contribution in [2.24, 2.45) is 5.73 Å². The van der Waals surface area contributed by atoms with E-state index in [1.807, 2.05) is 25.7 Å². The summed E-state index contributed by atoms with van der Waals surface area (Å²) in [6.45, 7) is 7.09. The Labute approximate surface area is 182 Å². The molecular weight excluding hydrogens is 418 g/mol. The quantitative estimate of drug-likeness (QED) is 0.569. The van der Waals surface area contributed by atoms with Crippen LogP contribution in [0.1, 0.15) is 32.8 Å². The van der Waals surface area contributed by atoms with Crippen molar-refractivity contribution in [3.05, 3.63) is 33.8 Å². The van der Waals surface area contributed by atoms with Gasteiger partial charge in [-0.05, 0) is 39.3 Å². The number of nitrogens with zero attached hydrogens (tertiary/aromatic N) is 1. The Kier molecular flexibility index (Phi) is 8.97. The standard InChI is InChI=1S/C20H31Cl2FN4O2/c1-20(2,3)26-19(28)25-14-7-15(27(10-14)9-13(23)8-24)11-29-12-16-17(21)5-4-6-18(16)22/h4-6,13-15H,7-12,24H2,1-3H3,(H2,25,26,28)/t13-,14+,15-/m0/s1. The smallest absolute Gasteiger partial charge is 0.315 e. The summed E-state index contributed by atoms with van der Waals surface area (Å²) in [5.41, 5.74) is 5.84. The summed E-state index contributed by atoms with van der Waals surface area (Å²) in [4.78, 5) is 14.2. The molecule has 2 rings (SSSR count). The van der Waals surface area contributed by atoms with E-state index in [4.69, 9.17) is 33.7 Å². The van der Waals surface area contributed by atoms with E-state index in [1.165, 1.54) is 0 Å². The zero-order valence-corrected chi connectivity index (χ0v) is 18.7. The molecule has 3 atom stereocenters. The lowest BCUT2D eigenvalue weighted by Gasteiger charge is -2.25. The van der Waals surface area contributed by atoms with E-state index in [9.17, 15) is 9.18 Å². The van der Waals surface area contributed by atoms with Crippen molar-refractivity contribution in [2.45, 2.75) is 57.6 Å². The summed E-state index contributed by atoms with van der Waals surface area (Å²) < 4.78 is 19.8. The topological polar surface area (TPSA) is 79.6 Å². The van der Waals surface area contributed by atoms with Gasteiger partial charge in [0.05, 0.1) is 13.2 Å². The number of nitrogens with two attached hydrogens (primary N) is 1. The van der Waals surface area contributed by atoms with Gasteiger partial charge in [0, 0.05) is 52.9 Å². The Morgan fingerprint density at radius 3 is 2.62 bits per heavy atom. The molecule has 0 aromatic heterocycles. The third-order valence-corrected chi connectivity index (χ3v) is 5.37. The highest BCUT2D eigenvalue weighted by molar-refractivity contribution is 6.35. The van der Waals surface area contributed by atoms with Gasteiger partial charge in [0.15, 0.2) is 0 Å². The van der Waals surface area contributed by atoms with E-state index in [0.717, 1.165) is 5.56 Å². The minimum absolute atomic E-state index is 0.0398. The molecule has 9 heteroatoms. The van der Waals surface area contributed by atoms with Gasteiger partial charge < -0.3 is 21.1 Å². The maximum atomic E-state index is 13.9. The Morgan fingerprint density at radius 1 is 1.38 bits per heavy atom. The first-order valence-electron chi connectivity index (χ1n) is 9.76. The van der Waals surface area contributed by atoms with Gasteiger partial charge in [0.2, 0.25) is 0 Å². The van der Waals surface area contributed by atoms with Gasteiger partial charge in [-0.15, -0.1) is 0 Å². The molecule has 0 spiro atoms. The number of carbonyl (C=O) groups is 1. The number of benzene rings is 1. The maximum absolute atomic E-state index is 13.9. The molecule has 1 aromatic rings. The van der Waals surface area contributed by atoms with Crippen LogP contribution in [-0.2, 0) is 11.3 Å². The van der Waals surface area contributed by atoms with Crippen molar-refractivity contribution >= 4 is 29.2 Å². The van der Waals surface area contributed by atoms with E-state index in [0.29, 0.717) is 29.6 Å². The molecule has 1 aliphatic rings. The molecule has 1 saturated heterocycles. The van der Waals surface area contributed by atoms with Crippen LogP contribution in [0.5, 0.6) is 0 Å². The highest BCUT2D eigenvalue weighted by Gasteiger charge is 2.34. The molecule has 164 valence electrons. The number of rotatable bonds is 8. The Balaban J connectivity index is 1.94. The number of ether oxygens (including phenoxy) is 1. The van der Waals surface area contributed by atoms with Gasteiger partial charge in [0.25, 0.3) is 0 Å². The van der Waals surface area contributed by atoms with Crippen LogP contribution in [0, 0.1) is 0 Å². The number of hydrogen-bond donors (Lipinski definition) is 3. The average Bonchev–Trinajstić information content (AvgIpc) is 2.96. The SMILES string of the molecule is CC(C)(C)NC(=O)N[C@@H]1C[C@@H](COCc2c(Cl)cccc2Cl)N(C[C@@H](F)CN)C1. The number of amides is 2. The summed E-state index contributed by atoms with van der Waals surface area (Å²) in [6, 6.07) is 4.93. The highest BCUT2D eigenvalue weighted by Crippen LogP contribution is 2.26. The van der Waals surface area contributed by atoms with E-state index < -0.39 is 6.17 Å². The minimum Gasteiger partial charge on any atom is -0.375 e. The molecule has 0 saturated carbocycles.